The fourth-order valence-electron chi connectivity index (χ4n) is 2.92. The standard InChI is InChI=1S/C20H24N4O/c1-14-5-4-12-24-13-19(23-20(14)24)10-11-21-15(2)17-6-8-18(9-7-17)22-16(3)25/h4-9,12-13,15,21H,10-11H2,1-3H3,(H,22,25)/t15-/m0/s1. The molecule has 1 amide bonds. The zero-order valence-electron chi connectivity index (χ0n) is 14.9. The summed E-state index contributed by atoms with van der Waals surface area (Å²) < 4.78 is 2.08. The van der Waals surface area contributed by atoms with Crippen LogP contribution in [0.1, 0.15) is 36.7 Å². The summed E-state index contributed by atoms with van der Waals surface area (Å²) in [6.07, 6.45) is 5.01. The van der Waals surface area contributed by atoms with E-state index >= 15 is 0 Å². The second kappa shape index (κ2) is 7.49. The number of anilines is 1. The molecule has 2 aromatic heterocycles. The molecule has 0 fully saturated rings. The Bertz CT molecular complexity index is 867. The predicted molar refractivity (Wildman–Crippen MR) is 101 cm³/mol. The van der Waals surface area contributed by atoms with E-state index in [0.717, 1.165) is 30.0 Å². The van der Waals surface area contributed by atoms with Gasteiger partial charge in [0.15, 0.2) is 0 Å². The lowest BCUT2D eigenvalue weighted by atomic mass is 10.1. The zero-order valence-corrected chi connectivity index (χ0v) is 14.9. The molecule has 5 heteroatoms. The molecular formula is C20H24N4O. The second-order valence-electron chi connectivity index (χ2n) is 6.38. The molecule has 0 aliphatic heterocycles. The Kier molecular flexibility index (Phi) is 5.14. The first-order valence-electron chi connectivity index (χ1n) is 8.57. The van der Waals surface area contributed by atoms with Crippen LogP contribution < -0.4 is 10.6 Å². The molecule has 0 unspecified atom stereocenters. The molecular weight excluding hydrogens is 312 g/mol. The average Bonchev–Trinajstić information content (AvgIpc) is 2.99. The summed E-state index contributed by atoms with van der Waals surface area (Å²) in [5.41, 5.74) is 5.33. The minimum absolute atomic E-state index is 0.0541. The Balaban J connectivity index is 1.55. The Morgan fingerprint density at radius 3 is 2.68 bits per heavy atom. The van der Waals surface area contributed by atoms with Crippen molar-refractivity contribution in [3.8, 4) is 0 Å². The van der Waals surface area contributed by atoms with Gasteiger partial charge in [-0.05, 0) is 43.2 Å². The Hall–Kier alpha value is -2.66. The number of imidazole rings is 1. The first-order valence-corrected chi connectivity index (χ1v) is 8.57. The van der Waals surface area contributed by atoms with Gasteiger partial charge in [-0.2, -0.15) is 0 Å². The number of fused-ring (bicyclic) bond motifs is 1. The van der Waals surface area contributed by atoms with Crippen molar-refractivity contribution in [1.82, 2.24) is 14.7 Å². The summed E-state index contributed by atoms with van der Waals surface area (Å²) in [5, 5.41) is 6.31. The molecule has 130 valence electrons. The number of pyridine rings is 1. The van der Waals surface area contributed by atoms with Crippen molar-refractivity contribution in [3.63, 3.8) is 0 Å². The number of aromatic nitrogens is 2. The Morgan fingerprint density at radius 2 is 2.00 bits per heavy atom. The maximum atomic E-state index is 11.1. The number of nitrogens with zero attached hydrogens (tertiary/aromatic N) is 2. The Labute approximate surface area is 148 Å². The van der Waals surface area contributed by atoms with Crippen molar-refractivity contribution in [2.24, 2.45) is 0 Å². The van der Waals surface area contributed by atoms with E-state index in [1.54, 1.807) is 0 Å². The third-order valence-corrected chi connectivity index (χ3v) is 4.29. The summed E-state index contributed by atoms with van der Waals surface area (Å²) in [6, 6.07) is 12.3. The largest absolute Gasteiger partial charge is 0.326 e. The number of hydrogen-bond acceptors (Lipinski definition) is 3. The molecule has 0 radical (unpaired) electrons. The highest BCUT2D eigenvalue weighted by molar-refractivity contribution is 5.88. The van der Waals surface area contributed by atoms with E-state index in [2.05, 4.69) is 41.1 Å². The van der Waals surface area contributed by atoms with Gasteiger partial charge >= 0.3 is 0 Å². The van der Waals surface area contributed by atoms with E-state index in [9.17, 15) is 4.79 Å². The number of rotatable bonds is 6. The van der Waals surface area contributed by atoms with E-state index in [0.29, 0.717) is 0 Å². The topological polar surface area (TPSA) is 58.4 Å². The lowest BCUT2D eigenvalue weighted by Crippen LogP contribution is -2.21. The molecule has 0 spiro atoms. The third-order valence-electron chi connectivity index (χ3n) is 4.29. The summed E-state index contributed by atoms with van der Waals surface area (Å²) in [4.78, 5) is 15.8. The molecule has 1 aromatic carbocycles. The monoisotopic (exact) mass is 336 g/mol. The van der Waals surface area contributed by atoms with Gasteiger partial charge in [0.2, 0.25) is 5.91 Å². The molecule has 0 aliphatic carbocycles. The number of amides is 1. The highest BCUT2D eigenvalue weighted by atomic mass is 16.1. The molecule has 25 heavy (non-hydrogen) atoms. The van der Waals surface area contributed by atoms with E-state index in [-0.39, 0.29) is 11.9 Å². The Morgan fingerprint density at radius 1 is 1.24 bits per heavy atom. The van der Waals surface area contributed by atoms with Crippen molar-refractivity contribution in [2.75, 3.05) is 11.9 Å². The molecule has 0 aliphatic rings. The van der Waals surface area contributed by atoms with Crippen molar-refractivity contribution in [3.05, 3.63) is 65.6 Å². The minimum Gasteiger partial charge on any atom is -0.326 e. The van der Waals surface area contributed by atoms with Crippen LogP contribution in [0, 0.1) is 6.92 Å². The zero-order chi connectivity index (χ0) is 17.8. The molecule has 0 saturated heterocycles. The average molecular weight is 336 g/mol. The third kappa shape index (κ3) is 4.25. The number of hydrogen-bond donors (Lipinski definition) is 2. The second-order valence-corrected chi connectivity index (χ2v) is 6.38. The summed E-state index contributed by atoms with van der Waals surface area (Å²) in [7, 11) is 0. The maximum absolute atomic E-state index is 11.1. The quantitative estimate of drug-likeness (QED) is 0.724. The van der Waals surface area contributed by atoms with Crippen LogP contribution in [0.2, 0.25) is 0 Å². The van der Waals surface area contributed by atoms with Crippen molar-refractivity contribution < 1.29 is 4.79 Å². The van der Waals surface area contributed by atoms with Crippen LogP contribution in [0.5, 0.6) is 0 Å². The van der Waals surface area contributed by atoms with E-state index < -0.39 is 0 Å². The van der Waals surface area contributed by atoms with Crippen LogP contribution in [0.15, 0.2) is 48.8 Å². The normalized spacial score (nSPS) is 12.3. The molecule has 0 saturated carbocycles. The maximum Gasteiger partial charge on any atom is 0.221 e. The fraction of sp³-hybridized carbons (Fsp3) is 0.300. The molecule has 3 rings (SSSR count). The van der Waals surface area contributed by atoms with Gasteiger partial charge < -0.3 is 15.0 Å². The van der Waals surface area contributed by atoms with Gasteiger partial charge in [-0.15, -0.1) is 0 Å². The van der Waals surface area contributed by atoms with Gasteiger partial charge in [-0.25, -0.2) is 4.98 Å². The first kappa shape index (κ1) is 17.2. The number of carbonyl (C=O) groups is 1. The first-order chi connectivity index (χ1) is 12.0. The minimum atomic E-state index is -0.0541. The van der Waals surface area contributed by atoms with Gasteiger partial charge in [0, 0.05) is 44.0 Å². The molecule has 0 bridgehead atoms. The van der Waals surface area contributed by atoms with Gasteiger partial charge in [0.05, 0.1) is 5.69 Å². The lowest BCUT2D eigenvalue weighted by molar-refractivity contribution is -0.114. The van der Waals surface area contributed by atoms with Gasteiger partial charge in [0.25, 0.3) is 0 Å². The lowest BCUT2D eigenvalue weighted by Gasteiger charge is -2.14. The molecule has 1 atom stereocenters. The summed E-state index contributed by atoms with van der Waals surface area (Å²) in [6.45, 7) is 6.59. The number of aryl methyl sites for hydroxylation is 1. The van der Waals surface area contributed by atoms with Gasteiger partial charge in [0.1, 0.15) is 5.65 Å². The number of benzene rings is 1. The fourth-order valence-corrected chi connectivity index (χ4v) is 2.92. The SMILES string of the molecule is CC(=O)Nc1ccc([C@H](C)NCCc2cn3cccc(C)c3n2)cc1. The molecule has 2 heterocycles. The van der Waals surface area contributed by atoms with E-state index in [4.69, 9.17) is 4.98 Å². The molecule has 2 N–H and O–H groups in total. The van der Waals surface area contributed by atoms with Gasteiger partial charge in [-0.1, -0.05) is 18.2 Å². The summed E-state index contributed by atoms with van der Waals surface area (Å²) >= 11 is 0. The van der Waals surface area contributed by atoms with Crippen LogP contribution in [-0.4, -0.2) is 21.8 Å². The van der Waals surface area contributed by atoms with Crippen LogP contribution in [-0.2, 0) is 11.2 Å². The predicted octanol–water partition coefficient (Wildman–Crippen LogP) is 3.49. The van der Waals surface area contributed by atoms with E-state index in [1.165, 1.54) is 18.1 Å². The van der Waals surface area contributed by atoms with Crippen molar-refractivity contribution in [1.29, 1.82) is 0 Å². The van der Waals surface area contributed by atoms with Gasteiger partial charge in [-0.3, -0.25) is 4.79 Å². The smallest absolute Gasteiger partial charge is 0.221 e. The van der Waals surface area contributed by atoms with Crippen LogP contribution in [0.25, 0.3) is 5.65 Å². The van der Waals surface area contributed by atoms with Crippen molar-refractivity contribution in [2.45, 2.75) is 33.2 Å². The molecule has 5 nitrogen and oxygen atoms in total. The van der Waals surface area contributed by atoms with Crippen LogP contribution in [0.3, 0.4) is 0 Å². The van der Waals surface area contributed by atoms with Crippen LogP contribution in [0.4, 0.5) is 5.69 Å². The highest BCUT2D eigenvalue weighted by Gasteiger charge is 2.07. The van der Waals surface area contributed by atoms with Crippen LogP contribution >= 0.6 is 0 Å². The van der Waals surface area contributed by atoms with E-state index in [1.807, 2.05) is 36.5 Å². The molecule has 3 aromatic rings. The number of nitrogens with one attached hydrogen (secondary N) is 2. The van der Waals surface area contributed by atoms with Crippen molar-refractivity contribution >= 4 is 17.2 Å². The number of carbonyl (C=O) groups excluding carboxylic acids is 1. The highest BCUT2D eigenvalue weighted by Crippen LogP contribution is 2.16. The summed E-state index contributed by atoms with van der Waals surface area (Å²) in [5.74, 6) is -0.0541.